The predicted molar refractivity (Wildman–Crippen MR) is 148 cm³/mol. The molecule has 7 aromatic rings. The van der Waals surface area contributed by atoms with Crippen LogP contribution in [0.1, 0.15) is 0 Å². The maximum Gasteiger partial charge on any atom is 0.0366 e. The summed E-state index contributed by atoms with van der Waals surface area (Å²) < 4.78 is 2.67. The third-order valence-electron chi connectivity index (χ3n) is 6.41. The standard InChI is InChI=1S/C31H19NS2/c1-2-9-20(10-3-1)29-21-11-4-5-12-22(21)31(23-17-18-32-19-25(23)29)34-28-16-8-15-27-30(28)24-13-6-7-14-26(24)33-27/h1-19H. The van der Waals surface area contributed by atoms with Crippen LogP contribution in [0.2, 0.25) is 0 Å². The van der Waals surface area contributed by atoms with Crippen molar-refractivity contribution in [1.29, 1.82) is 0 Å². The van der Waals surface area contributed by atoms with E-state index in [4.69, 9.17) is 0 Å². The van der Waals surface area contributed by atoms with Crippen LogP contribution in [0.5, 0.6) is 0 Å². The van der Waals surface area contributed by atoms with Crippen LogP contribution in [0.4, 0.5) is 0 Å². The van der Waals surface area contributed by atoms with Gasteiger partial charge >= 0.3 is 0 Å². The lowest BCUT2D eigenvalue weighted by molar-refractivity contribution is 1.36. The van der Waals surface area contributed by atoms with Crippen molar-refractivity contribution >= 4 is 64.8 Å². The first-order chi connectivity index (χ1) is 16.9. The van der Waals surface area contributed by atoms with Crippen molar-refractivity contribution in [2.45, 2.75) is 9.79 Å². The van der Waals surface area contributed by atoms with Crippen molar-refractivity contribution in [2.75, 3.05) is 0 Å². The van der Waals surface area contributed by atoms with Gasteiger partial charge in [0.15, 0.2) is 0 Å². The van der Waals surface area contributed by atoms with Crippen molar-refractivity contribution in [3.8, 4) is 11.1 Å². The quantitative estimate of drug-likeness (QED) is 0.239. The Labute approximate surface area is 205 Å². The summed E-state index contributed by atoms with van der Waals surface area (Å²) in [6, 6.07) is 37.1. The second-order valence-corrected chi connectivity index (χ2v) is 10.5. The van der Waals surface area contributed by atoms with Gasteiger partial charge in [0.25, 0.3) is 0 Å². The predicted octanol–water partition coefficient (Wildman–Crippen LogP) is 9.57. The van der Waals surface area contributed by atoms with E-state index in [1.165, 1.54) is 62.6 Å². The molecular formula is C31H19NS2. The van der Waals surface area contributed by atoms with Crippen molar-refractivity contribution < 1.29 is 0 Å². The fourth-order valence-corrected chi connectivity index (χ4v) is 7.41. The topological polar surface area (TPSA) is 12.9 Å². The molecule has 1 nitrogen and oxygen atoms in total. The summed E-state index contributed by atoms with van der Waals surface area (Å²) in [7, 11) is 0. The van der Waals surface area contributed by atoms with Crippen molar-refractivity contribution in [3.05, 3.63) is 116 Å². The first-order valence-corrected chi connectivity index (χ1v) is 12.9. The highest BCUT2D eigenvalue weighted by Crippen LogP contribution is 2.48. The smallest absolute Gasteiger partial charge is 0.0366 e. The van der Waals surface area contributed by atoms with Gasteiger partial charge < -0.3 is 0 Å². The van der Waals surface area contributed by atoms with Crippen LogP contribution < -0.4 is 0 Å². The Bertz CT molecular complexity index is 1780. The Morgan fingerprint density at radius 3 is 2.15 bits per heavy atom. The molecule has 0 saturated carbocycles. The van der Waals surface area contributed by atoms with Crippen molar-refractivity contribution in [2.24, 2.45) is 0 Å². The summed E-state index contributed by atoms with van der Waals surface area (Å²) in [4.78, 5) is 7.11. The van der Waals surface area contributed by atoms with Crippen LogP contribution in [0.3, 0.4) is 0 Å². The Morgan fingerprint density at radius 2 is 1.26 bits per heavy atom. The first-order valence-electron chi connectivity index (χ1n) is 11.3. The van der Waals surface area contributed by atoms with Crippen LogP contribution in [-0.2, 0) is 0 Å². The minimum Gasteiger partial charge on any atom is -0.264 e. The van der Waals surface area contributed by atoms with Gasteiger partial charge in [-0.3, -0.25) is 4.98 Å². The second-order valence-electron chi connectivity index (χ2n) is 8.37. The van der Waals surface area contributed by atoms with E-state index in [0.717, 1.165) is 0 Å². The molecule has 0 aliphatic carbocycles. The lowest BCUT2D eigenvalue weighted by Gasteiger charge is -2.17. The SMILES string of the molecule is c1ccc(-c2c3ccccc3c(Sc3cccc4sc5ccccc5c34)c3ccncc23)cc1. The lowest BCUT2D eigenvalue weighted by atomic mass is 9.93. The zero-order chi connectivity index (χ0) is 22.5. The molecule has 0 bridgehead atoms. The highest BCUT2D eigenvalue weighted by molar-refractivity contribution is 8.00. The Balaban J connectivity index is 1.56. The van der Waals surface area contributed by atoms with E-state index in [-0.39, 0.29) is 0 Å². The lowest BCUT2D eigenvalue weighted by Crippen LogP contribution is -1.90. The van der Waals surface area contributed by atoms with Gasteiger partial charge in [0.1, 0.15) is 0 Å². The number of rotatable bonds is 3. The van der Waals surface area contributed by atoms with Gasteiger partial charge in [-0.1, -0.05) is 90.6 Å². The first kappa shape index (κ1) is 19.8. The summed E-state index contributed by atoms with van der Waals surface area (Å²) in [6.07, 6.45) is 3.94. The summed E-state index contributed by atoms with van der Waals surface area (Å²) in [5, 5.41) is 7.67. The number of aromatic nitrogens is 1. The van der Waals surface area contributed by atoms with Gasteiger partial charge in [-0.15, -0.1) is 11.3 Å². The van der Waals surface area contributed by atoms with Crippen LogP contribution >= 0.6 is 23.1 Å². The molecule has 34 heavy (non-hydrogen) atoms. The zero-order valence-electron chi connectivity index (χ0n) is 18.2. The maximum atomic E-state index is 4.53. The number of benzene rings is 5. The van der Waals surface area contributed by atoms with Gasteiger partial charge in [-0.25, -0.2) is 0 Å². The molecule has 2 aromatic heterocycles. The number of pyridine rings is 1. The van der Waals surface area contributed by atoms with Gasteiger partial charge in [-0.2, -0.15) is 0 Å². The van der Waals surface area contributed by atoms with E-state index in [9.17, 15) is 0 Å². The maximum absolute atomic E-state index is 4.53. The van der Waals surface area contributed by atoms with Crippen LogP contribution in [-0.4, -0.2) is 4.98 Å². The molecule has 0 spiro atoms. The van der Waals surface area contributed by atoms with E-state index in [0.29, 0.717) is 0 Å². The summed E-state index contributed by atoms with van der Waals surface area (Å²) in [5.41, 5.74) is 2.47. The molecule has 7 rings (SSSR count). The number of hydrogen-bond acceptors (Lipinski definition) is 3. The van der Waals surface area contributed by atoms with Gasteiger partial charge in [0, 0.05) is 47.7 Å². The van der Waals surface area contributed by atoms with Crippen molar-refractivity contribution in [3.63, 3.8) is 0 Å². The molecule has 3 heteroatoms. The molecule has 0 radical (unpaired) electrons. The van der Waals surface area contributed by atoms with Crippen LogP contribution in [0.25, 0.3) is 52.8 Å². The Morgan fingerprint density at radius 1 is 0.559 bits per heavy atom. The molecule has 0 atom stereocenters. The molecule has 0 N–H and O–H groups in total. The third kappa shape index (κ3) is 3.05. The molecule has 0 amide bonds. The number of fused-ring (bicyclic) bond motifs is 5. The summed E-state index contributed by atoms with van der Waals surface area (Å²) in [5.74, 6) is 0. The molecular weight excluding hydrogens is 450 g/mol. The summed E-state index contributed by atoms with van der Waals surface area (Å²) in [6.45, 7) is 0. The fraction of sp³-hybridized carbons (Fsp3) is 0. The van der Waals surface area contributed by atoms with E-state index in [2.05, 4.69) is 108 Å². The van der Waals surface area contributed by atoms with E-state index >= 15 is 0 Å². The second kappa shape index (κ2) is 7.98. The molecule has 0 unspecified atom stereocenters. The molecule has 0 saturated heterocycles. The van der Waals surface area contributed by atoms with E-state index in [1.807, 2.05) is 35.5 Å². The largest absolute Gasteiger partial charge is 0.264 e. The minimum atomic E-state index is 1.19. The van der Waals surface area contributed by atoms with Gasteiger partial charge in [0.05, 0.1) is 0 Å². The van der Waals surface area contributed by atoms with Gasteiger partial charge in [-0.05, 0) is 51.6 Å². The monoisotopic (exact) mass is 469 g/mol. The Hall–Kier alpha value is -3.66. The molecule has 0 aliphatic heterocycles. The molecule has 0 aliphatic rings. The average molecular weight is 470 g/mol. The van der Waals surface area contributed by atoms with Crippen LogP contribution in [0.15, 0.2) is 125 Å². The number of nitrogens with zero attached hydrogens (tertiary/aromatic N) is 1. The molecule has 0 fully saturated rings. The fourth-order valence-electron chi connectivity index (χ4n) is 4.94. The highest BCUT2D eigenvalue weighted by Gasteiger charge is 2.18. The molecule has 160 valence electrons. The highest BCUT2D eigenvalue weighted by atomic mass is 32.2. The van der Waals surface area contributed by atoms with E-state index < -0.39 is 0 Å². The molecule has 5 aromatic carbocycles. The third-order valence-corrected chi connectivity index (χ3v) is 8.75. The van der Waals surface area contributed by atoms with Gasteiger partial charge in [0.2, 0.25) is 0 Å². The zero-order valence-corrected chi connectivity index (χ0v) is 19.9. The Kier molecular flexibility index (Phi) is 4.64. The van der Waals surface area contributed by atoms with Crippen molar-refractivity contribution in [1.82, 2.24) is 4.98 Å². The number of thiophene rings is 1. The van der Waals surface area contributed by atoms with Crippen LogP contribution in [0, 0.1) is 0 Å². The van der Waals surface area contributed by atoms with E-state index in [1.54, 1.807) is 0 Å². The number of hydrogen-bond donors (Lipinski definition) is 0. The minimum absolute atomic E-state index is 1.19. The molecule has 2 heterocycles. The summed E-state index contributed by atoms with van der Waals surface area (Å²) >= 11 is 3.75. The average Bonchev–Trinajstić information content (AvgIpc) is 3.29. The normalized spacial score (nSPS) is 11.6.